The van der Waals surface area contributed by atoms with Gasteiger partial charge in [-0.15, -0.1) is 5.10 Å². The van der Waals surface area contributed by atoms with Crippen LogP contribution in [0.25, 0.3) is 27.8 Å². The zero-order valence-electron chi connectivity index (χ0n) is 19.8. The predicted octanol–water partition coefficient (Wildman–Crippen LogP) is 3.50. The third kappa shape index (κ3) is 4.50. The quantitative estimate of drug-likeness (QED) is 0.418. The summed E-state index contributed by atoms with van der Waals surface area (Å²) < 4.78 is 46.0. The fraction of sp³-hybridized carbons (Fsp3) is 0.375. The van der Waals surface area contributed by atoms with E-state index in [0.717, 1.165) is 23.6 Å². The number of aromatic nitrogens is 5. The molecule has 5 heterocycles. The summed E-state index contributed by atoms with van der Waals surface area (Å²) in [7, 11) is 1.75. The molecule has 2 aliphatic rings. The van der Waals surface area contributed by atoms with Crippen molar-refractivity contribution in [1.82, 2.24) is 24.6 Å². The number of nitrogens with zero attached hydrogens (tertiary/aromatic N) is 6. The molecule has 1 saturated heterocycles. The molecule has 192 valence electrons. The number of alkyl halides is 3. The van der Waals surface area contributed by atoms with Crippen molar-refractivity contribution in [3.05, 3.63) is 36.8 Å². The van der Waals surface area contributed by atoms with Gasteiger partial charge >= 0.3 is 6.18 Å². The molecule has 4 aromatic rings. The minimum absolute atomic E-state index is 0.0199. The molecule has 0 unspecified atom stereocenters. The van der Waals surface area contributed by atoms with E-state index in [0.29, 0.717) is 40.9 Å². The van der Waals surface area contributed by atoms with E-state index in [9.17, 15) is 18.0 Å². The molecule has 0 spiro atoms. The Balaban J connectivity index is 1.36. The first-order valence-corrected chi connectivity index (χ1v) is 11.9. The van der Waals surface area contributed by atoms with Crippen molar-refractivity contribution in [3.63, 3.8) is 0 Å². The summed E-state index contributed by atoms with van der Waals surface area (Å²) in [5.41, 5.74) is 1.75. The molecule has 1 saturated carbocycles. The van der Waals surface area contributed by atoms with E-state index >= 15 is 0 Å². The van der Waals surface area contributed by atoms with Crippen LogP contribution in [0.5, 0.6) is 0 Å². The van der Waals surface area contributed by atoms with Crippen LogP contribution in [-0.2, 0) is 9.53 Å². The van der Waals surface area contributed by atoms with Crippen LogP contribution in [0.4, 0.5) is 30.5 Å². The van der Waals surface area contributed by atoms with Gasteiger partial charge in [-0.25, -0.2) is 19.5 Å². The van der Waals surface area contributed by atoms with Crippen LogP contribution in [0, 0.1) is 5.92 Å². The number of morpholine rings is 1. The summed E-state index contributed by atoms with van der Waals surface area (Å²) in [6, 6.07) is 5.21. The minimum atomic E-state index is -4.43. The molecule has 0 aromatic carbocycles. The monoisotopic (exact) mass is 512 g/mol. The van der Waals surface area contributed by atoms with Crippen LogP contribution < -0.4 is 15.5 Å². The number of halogens is 3. The number of pyridine rings is 3. The molecule has 2 N–H and O–H groups in total. The highest BCUT2D eigenvalue weighted by Gasteiger charge is 2.43. The fourth-order valence-corrected chi connectivity index (χ4v) is 4.41. The Labute approximate surface area is 208 Å². The van der Waals surface area contributed by atoms with Gasteiger partial charge in [0.2, 0.25) is 5.91 Å². The highest BCUT2D eigenvalue weighted by molar-refractivity contribution is 6.03. The Kier molecular flexibility index (Phi) is 5.59. The first kappa shape index (κ1) is 23.4. The smallest absolute Gasteiger partial charge is 0.373 e. The van der Waals surface area contributed by atoms with Crippen molar-refractivity contribution in [2.24, 2.45) is 5.92 Å². The van der Waals surface area contributed by atoms with Crippen LogP contribution in [0.1, 0.15) is 12.8 Å². The molecule has 10 nitrogen and oxygen atoms in total. The number of hydrogen-bond acceptors (Lipinski definition) is 8. The molecular formula is C24H23F3N8O2. The highest BCUT2D eigenvalue weighted by Crippen LogP contribution is 2.34. The Morgan fingerprint density at radius 3 is 2.76 bits per heavy atom. The second kappa shape index (κ2) is 8.83. The maximum Gasteiger partial charge on any atom is 0.416 e. The van der Waals surface area contributed by atoms with Crippen LogP contribution in [-0.4, -0.2) is 69.5 Å². The van der Waals surface area contributed by atoms with Gasteiger partial charge in [0, 0.05) is 48.2 Å². The minimum Gasteiger partial charge on any atom is -0.373 e. The van der Waals surface area contributed by atoms with Crippen molar-refractivity contribution < 1.29 is 22.7 Å². The van der Waals surface area contributed by atoms with E-state index in [1.807, 2.05) is 0 Å². The number of carbonyl (C=O) groups excluding carboxylic acids is 1. The summed E-state index contributed by atoms with van der Waals surface area (Å²) >= 11 is 0. The maximum atomic E-state index is 13.2. The van der Waals surface area contributed by atoms with Gasteiger partial charge in [0.15, 0.2) is 17.6 Å². The fourth-order valence-electron chi connectivity index (χ4n) is 4.41. The SMILES string of the molecule is CNc1ncc(-c2nc3ccc(N4CCO[C@@H](C(F)(F)F)C4)cn3n2)c2cc(NC(=O)C3CC3)ncc12. The van der Waals surface area contributed by atoms with E-state index in [2.05, 4.69) is 30.7 Å². The lowest BCUT2D eigenvalue weighted by molar-refractivity contribution is -0.221. The molecule has 0 radical (unpaired) electrons. The normalized spacial score (nSPS) is 18.4. The summed E-state index contributed by atoms with van der Waals surface area (Å²) in [4.78, 5) is 27.4. The lowest BCUT2D eigenvalue weighted by Crippen LogP contribution is -2.49. The Bertz CT molecular complexity index is 1500. The Morgan fingerprint density at radius 2 is 2.00 bits per heavy atom. The molecule has 1 aliphatic heterocycles. The molecule has 1 aliphatic carbocycles. The van der Waals surface area contributed by atoms with Crippen molar-refractivity contribution in [2.75, 3.05) is 42.3 Å². The van der Waals surface area contributed by atoms with Gasteiger partial charge in [0.05, 0.1) is 25.0 Å². The number of nitrogens with one attached hydrogen (secondary N) is 2. The number of rotatable bonds is 5. The lowest BCUT2D eigenvalue weighted by atomic mass is 10.1. The standard InChI is InChI=1S/C24H23F3N8O2/c1-28-21-16-9-29-19(31-23(36)13-2-3-13)8-15(16)17(10-30-21)22-32-20-5-4-14(11-35(20)33-22)34-6-7-37-18(12-34)24(25,26)27/h4-5,8-11,13,18H,2-3,6-7,12H2,1H3,(H,28,30)(H,29,31,36)/t18-/m1/s1. The topological polar surface area (TPSA) is 110 Å². The molecule has 13 heteroatoms. The Morgan fingerprint density at radius 1 is 1.16 bits per heavy atom. The largest absolute Gasteiger partial charge is 0.416 e. The molecule has 6 rings (SSSR count). The van der Waals surface area contributed by atoms with Gasteiger partial charge in [-0.2, -0.15) is 13.2 Å². The van der Waals surface area contributed by atoms with Crippen molar-refractivity contribution >= 4 is 39.6 Å². The van der Waals surface area contributed by atoms with Crippen LogP contribution in [0.2, 0.25) is 0 Å². The van der Waals surface area contributed by atoms with Crippen LogP contribution in [0.15, 0.2) is 36.8 Å². The van der Waals surface area contributed by atoms with E-state index in [1.54, 1.807) is 48.7 Å². The number of anilines is 3. The third-order valence-electron chi connectivity index (χ3n) is 6.56. The number of amides is 1. The van der Waals surface area contributed by atoms with Gasteiger partial charge in [0.1, 0.15) is 11.6 Å². The van der Waals surface area contributed by atoms with E-state index in [4.69, 9.17) is 4.74 Å². The van der Waals surface area contributed by atoms with Gasteiger partial charge < -0.3 is 20.3 Å². The van der Waals surface area contributed by atoms with Gasteiger partial charge in [-0.1, -0.05) is 0 Å². The summed E-state index contributed by atoms with van der Waals surface area (Å²) in [5.74, 6) is 1.42. The summed E-state index contributed by atoms with van der Waals surface area (Å²) in [6.07, 6.45) is 0.443. The maximum absolute atomic E-state index is 13.2. The lowest BCUT2D eigenvalue weighted by Gasteiger charge is -2.35. The van der Waals surface area contributed by atoms with Crippen LogP contribution in [0.3, 0.4) is 0 Å². The van der Waals surface area contributed by atoms with Gasteiger partial charge in [-0.3, -0.25) is 4.79 Å². The molecule has 0 bridgehead atoms. The molecule has 4 aromatic heterocycles. The molecule has 1 amide bonds. The molecule has 1 atom stereocenters. The van der Waals surface area contributed by atoms with Crippen molar-refractivity contribution in [1.29, 1.82) is 0 Å². The van der Waals surface area contributed by atoms with E-state index < -0.39 is 12.3 Å². The second-order valence-corrected chi connectivity index (χ2v) is 9.12. The van der Waals surface area contributed by atoms with Crippen molar-refractivity contribution in [2.45, 2.75) is 25.1 Å². The number of fused-ring (bicyclic) bond motifs is 2. The Hall–Kier alpha value is -4.00. The average Bonchev–Trinajstić information content (AvgIpc) is 3.66. The highest BCUT2D eigenvalue weighted by atomic mass is 19.4. The summed E-state index contributed by atoms with van der Waals surface area (Å²) in [6.45, 7) is 0.0227. The zero-order valence-corrected chi connectivity index (χ0v) is 19.8. The van der Waals surface area contributed by atoms with Gasteiger partial charge in [-0.05, 0) is 31.0 Å². The zero-order chi connectivity index (χ0) is 25.7. The van der Waals surface area contributed by atoms with Gasteiger partial charge in [0.25, 0.3) is 0 Å². The predicted molar refractivity (Wildman–Crippen MR) is 130 cm³/mol. The van der Waals surface area contributed by atoms with Crippen LogP contribution >= 0.6 is 0 Å². The van der Waals surface area contributed by atoms with Crippen molar-refractivity contribution in [3.8, 4) is 11.4 Å². The molecule has 2 fully saturated rings. The first-order chi connectivity index (χ1) is 17.8. The molecule has 37 heavy (non-hydrogen) atoms. The third-order valence-corrected chi connectivity index (χ3v) is 6.56. The summed E-state index contributed by atoms with van der Waals surface area (Å²) in [5, 5.41) is 12.0. The first-order valence-electron chi connectivity index (χ1n) is 11.9. The van der Waals surface area contributed by atoms with E-state index in [-0.39, 0.29) is 25.0 Å². The number of ether oxygens (including phenoxy) is 1. The number of carbonyl (C=O) groups is 1. The van der Waals surface area contributed by atoms with E-state index in [1.165, 1.54) is 4.52 Å². The number of hydrogen-bond donors (Lipinski definition) is 2. The second-order valence-electron chi connectivity index (χ2n) is 9.12. The molecular weight excluding hydrogens is 489 g/mol. The average molecular weight is 512 g/mol.